The van der Waals surface area contributed by atoms with E-state index in [9.17, 15) is 14.9 Å². The van der Waals surface area contributed by atoms with E-state index in [1.807, 2.05) is 51.1 Å². The number of thioether (sulfide) groups is 1. The third-order valence-electron chi connectivity index (χ3n) is 5.69. The summed E-state index contributed by atoms with van der Waals surface area (Å²) < 4.78 is 0. The van der Waals surface area contributed by atoms with Crippen molar-refractivity contribution < 1.29 is 9.59 Å². The minimum atomic E-state index is -0.254. The van der Waals surface area contributed by atoms with Gasteiger partial charge in [-0.05, 0) is 81.3 Å². The van der Waals surface area contributed by atoms with Crippen LogP contribution >= 0.6 is 23.1 Å². The number of thiophene rings is 1. The van der Waals surface area contributed by atoms with Gasteiger partial charge in [0.1, 0.15) is 16.1 Å². The molecule has 0 bridgehead atoms. The number of nitrogens with zero attached hydrogens (tertiary/aromatic N) is 2. The number of hydrogen-bond donors (Lipinski definition) is 2. The van der Waals surface area contributed by atoms with Crippen molar-refractivity contribution in [3.63, 3.8) is 0 Å². The van der Waals surface area contributed by atoms with Crippen molar-refractivity contribution in [3.8, 4) is 6.07 Å². The first-order chi connectivity index (χ1) is 16.4. The molecule has 2 heterocycles. The molecular formula is C26H26N4O2S2. The number of rotatable bonds is 6. The topological polar surface area (TPSA) is 94.9 Å². The van der Waals surface area contributed by atoms with Crippen LogP contribution in [-0.2, 0) is 17.6 Å². The SMILES string of the molecule is Cc1cccc(NC(=O)c2c(C)cc(C)nc2SCC(=O)Nc2sc3c(c2C#N)CCCC3)c1. The average Bonchev–Trinajstić information content (AvgIpc) is 3.14. The lowest BCUT2D eigenvalue weighted by Gasteiger charge is -2.13. The number of aryl methyl sites for hydroxylation is 4. The van der Waals surface area contributed by atoms with Gasteiger partial charge in [0.25, 0.3) is 5.91 Å². The Bertz CT molecular complexity index is 1310. The van der Waals surface area contributed by atoms with E-state index in [-0.39, 0.29) is 17.6 Å². The summed E-state index contributed by atoms with van der Waals surface area (Å²) >= 11 is 2.74. The second-order valence-corrected chi connectivity index (χ2v) is 10.5. The summed E-state index contributed by atoms with van der Waals surface area (Å²) in [6.07, 6.45) is 4.05. The highest BCUT2D eigenvalue weighted by molar-refractivity contribution is 8.00. The number of fused-ring (bicyclic) bond motifs is 1. The molecule has 1 aromatic carbocycles. The Morgan fingerprint density at radius 1 is 1.15 bits per heavy atom. The standard InChI is InChI=1S/C26H26N4O2S2/c1-15-7-6-8-18(11-15)29-24(32)23-16(2)12-17(3)28-26(23)33-14-22(31)30-25-20(13-27)19-9-4-5-10-21(19)34-25/h6-8,11-12H,4-5,9-10,14H2,1-3H3,(H,29,32)(H,30,31). The molecule has 174 valence electrons. The molecule has 2 aromatic heterocycles. The Kier molecular flexibility index (Phi) is 7.35. The number of amides is 2. The van der Waals surface area contributed by atoms with Crippen LogP contribution in [0.25, 0.3) is 0 Å². The maximum Gasteiger partial charge on any atom is 0.258 e. The number of aromatic nitrogens is 1. The van der Waals surface area contributed by atoms with Gasteiger partial charge in [0, 0.05) is 16.3 Å². The van der Waals surface area contributed by atoms with Gasteiger partial charge >= 0.3 is 0 Å². The van der Waals surface area contributed by atoms with E-state index >= 15 is 0 Å². The van der Waals surface area contributed by atoms with E-state index in [1.54, 1.807) is 0 Å². The zero-order valence-corrected chi connectivity index (χ0v) is 21.1. The summed E-state index contributed by atoms with van der Waals surface area (Å²) in [5, 5.41) is 16.6. The van der Waals surface area contributed by atoms with Gasteiger partial charge in [-0.25, -0.2) is 4.98 Å². The van der Waals surface area contributed by atoms with Crippen molar-refractivity contribution in [2.24, 2.45) is 0 Å². The second kappa shape index (κ2) is 10.4. The third-order valence-corrected chi connectivity index (χ3v) is 7.87. The van der Waals surface area contributed by atoms with Gasteiger partial charge in [0.2, 0.25) is 5.91 Å². The van der Waals surface area contributed by atoms with Gasteiger partial charge in [-0.2, -0.15) is 5.26 Å². The van der Waals surface area contributed by atoms with Gasteiger partial charge in [0.15, 0.2) is 0 Å². The van der Waals surface area contributed by atoms with E-state index in [0.29, 0.717) is 26.8 Å². The molecule has 34 heavy (non-hydrogen) atoms. The quantitative estimate of drug-likeness (QED) is 0.426. The number of anilines is 2. The third kappa shape index (κ3) is 5.32. The van der Waals surface area contributed by atoms with Crippen LogP contribution in [0.5, 0.6) is 0 Å². The van der Waals surface area contributed by atoms with Crippen molar-refractivity contribution in [3.05, 3.63) is 68.7 Å². The number of carbonyl (C=O) groups excluding carboxylic acids is 2. The molecular weight excluding hydrogens is 464 g/mol. The average molecular weight is 491 g/mol. The Hall–Kier alpha value is -3.15. The van der Waals surface area contributed by atoms with Crippen molar-refractivity contribution in [2.75, 3.05) is 16.4 Å². The van der Waals surface area contributed by atoms with Crippen LogP contribution in [0.2, 0.25) is 0 Å². The largest absolute Gasteiger partial charge is 0.322 e. The Morgan fingerprint density at radius 2 is 1.94 bits per heavy atom. The molecule has 0 aliphatic heterocycles. The first kappa shape index (κ1) is 24.0. The molecule has 6 nitrogen and oxygen atoms in total. The number of nitriles is 1. The zero-order valence-electron chi connectivity index (χ0n) is 19.4. The molecule has 3 aromatic rings. The van der Waals surface area contributed by atoms with Crippen LogP contribution in [0.4, 0.5) is 10.7 Å². The molecule has 0 saturated heterocycles. The molecule has 2 amide bonds. The fraction of sp³-hybridized carbons (Fsp3) is 0.308. The van der Waals surface area contributed by atoms with Gasteiger partial charge in [-0.1, -0.05) is 23.9 Å². The van der Waals surface area contributed by atoms with Crippen molar-refractivity contribution in [1.29, 1.82) is 5.26 Å². The first-order valence-corrected chi connectivity index (χ1v) is 13.0. The molecule has 0 unspecified atom stereocenters. The van der Waals surface area contributed by atoms with Crippen LogP contribution in [0.15, 0.2) is 35.4 Å². The minimum absolute atomic E-state index is 0.0913. The van der Waals surface area contributed by atoms with Crippen LogP contribution in [0.1, 0.15) is 56.0 Å². The molecule has 8 heteroatoms. The number of hydrogen-bond acceptors (Lipinski definition) is 6. The molecule has 1 aliphatic carbocycles. The Morgan fingerprint density at radius 3 is 2.71 bits per heavy atom. The van der Waals surface area contributed by atoms with E-state index in [1.165, 1.54) is 28.0 Å². The first-order valence-electron chi connectivity index (χ1n) is 11.2. The molecule has 0 spiro atoms. The summed E-state index contributed by atoms with van der Waals surface area (Å²) in [7, 11) is 0. The fourth-order valence-electron chi connectivity index (χ4n) is 4.17. The van der Waals surface area contributed by atoms with Crippen LogP contribution in [0.3, 0.4) is 0 Å². The van der Waals surface area contributed by atoms with Crippen LogP contribution in [0, 0.1) is 32.1 Å². The predicted molar refractivity (Wildman–Crippen MR) is 138 cm³/mol. The van der Waals surface area contributed by atoms with Crippen LogP contribution in [-0.4, -0.2) is 22.6 Å². The Balaban J connectivity index is 1.50. The number of benzene rings is 1. The lowest BCUT2D eigenvalue weighted by Crippen LogP contribution is -2.18. The highest BCUT2D eigenvalue weighted by atomic mass is 32.2. The van der Waals surface area contributed by atoms with Gasteiger partial charge in [-0.3, -0.25) is 9.59 Å². The summed E-state index contributed by atoms with van der Waals surface area (Å²) in [4.78, 5) is 31.7. The molecule has 0 fully saturated rings. The lowest BCUT2D eigenvalue weighted by molar-refractivity contribution is -0.113. The summed E-state index contributed by atoms with van der Waals surface area (Å²) in [6.45, 7) is 5.71. The molecule has 0 radical (unpaired) electrons. The molecule has 1 aliphatic rings. The number of nitrogens with one attached hydrogen (secondary N) is 2. The minimum Gasteiger partial charge on any atom is -0.322 e. The van der Waals surface area contributed by atoms with Crippen molar-refractivity contribution in [1.82, 2.24) is 4.98 Å². The normalized spacial score (nSPS) is 12.5. The van der Waals surface area contributed by atoms with Crippen molar-refractivity contribution >= 4 is 45.6 Å². The monoisotopic (exact) mass is 490 g/mol. The molecule has 4 rings (SSSR count). The number of pyridine rings is 1. The van der Waals surface area contributed by atoms with Gasteiger partial charge < -0.3 is 10.6 Å². The molecule has 0 atom stereocenters. The van der Waals surface area contributed by atoms with E-state index in [0.717, 1.165) is 48.1 Å². The molecule has 0 saturated carbocycles. The van der Waals surface area contributed by atoms with E-state index < -0.39 is 0 Å². The van der Waals surface area contributed by atoms with E-state index in [4.69, 9.17) is 0 Å². The highest BCUT2D eigenvalue weighted by Gasteiger charge is 2.23. The maximum absolute atomic E-state index is 13.1. The smallest absolute Gasteiger partial charge is 0.258 e. The Labute approximate surface area is 207 Å². The summed E-state index contributed by atoms with van der Waals surface area (Å²) in [6, 6.07) is 11.7. The number of carbonyl (C=O) groups is 2. The summed E-state index contributed by atoms with van der Waals surface area (Å²) in [5.74, 6) is -0.379. The highest BCUT2D eigenvalue weighted by Crippen LogP contribution is 2.37. The van der Waals surface area contributed by atoms with Gasteiger partial charge in [-0.15, -0.1) is 11.3 Å². The zero-order chi connectivity index (χ0) is 24.2. The van der Waals surface area contributed by atoms with Gasteiger partial charge in [0.05, 0.1) is 16.9 Å². The maximum atomic E-state index is 13.1. The van der Waals surface area contributed by atoms with Crippen molar-refractivity contribution in [2.45, 2.75) is 51.5 Å². The van der Waals surface area contributed by atoms with Crippen LogP contribution < -0.4 is 10.6 Å². The predicted octanol–water partition coefficient (Wildman–Crippen LogP) is 5.80. The fourth-order valence-corrected chi connectivity index (χ4v) is 6.37. The van der Waals surface area contributed by atoms with E-state index in [2.05, 4.69) is 21.7 Å². The summed E-state index contributed by atoms with van der Waals surface area (Å²) in [5.41, 5.74) is 5.51. The second-order valence-electron chi connectivity index (χ2n) is 8.45. The lowest BCUT2D eigenvalue weighted by atomic mass is 9.96. The molecule has 2 N–H and O–H groups in total.